The Morgan fingerprint density at radius 2 is 1.61 bits per heavy atom. The molecule has 1 aromatic carbocycles. The van der Waals surface area contributed by atoms with E-state index in [9.17, 15) is 22.8 Å². The summed E-state index contributed by atoms with van der Waals surface area (Å²) >= 11 is 0. The lowest BCUT2D eigenvalue weighted by atomic mass is 9.96. The van der Waals surface area contributed by atoms with E-state index in [-0.39, 0.29) is 29.0 Å². The van der Waals surface area contributed by atoms with Gasteiger partial charge in [0.25, 0.3) is 5.91 Å². The van der Waals surface area contributed by atoms with Crippen LogP contribution in [0, 0.1) is 0 Å². The monoisotopic (exact) mass is 481 g/mol. The van der Waals surface area contributed by atoms with Gasteiger partial charge in [0.2, 0.25) is 15.9 Å². The van der Waals surface area contributed by atoms with Crippen molar-refractivity contribution in [2.45, 2.75) is 69.4 Å². The van der Waals surface area contributed by atoms with Crippen molar-refractivity contribution in [3.05, 3.63) is 29.8 Å². The summed E-state index contributed by atoms with van der Waals surface area (Å²) in [6.07, 6.45) is 4.86. The molecular formula is C23H35N3O6S. The van der Waals surface area contributed by atoms with Gasteiger partial charge in [0.05, 0.1) is 17.0 Å². The second-order valence-electron chi connectivity index (χ2n) is 9.46. The molecular weight excluding hydrogens is 446 g/mol. The highest BCUT2D eigenvalue weighted by atomic mass is 32.2. The van der Waals surface area contributed by atoms with E-state index < -0.39 is 34.0 Å². The molecule has 0 bridgehead atoms. The highest BCUT2D eigenvalue weighted by molar-refractivity contribution is 7.89. The summed E-state index contributed by atoms with van der Waals surface area (Å²) in [5, 5.41) is 2.75. The smallest absolute Gasteiger partial charge is 0.338 e. The maximum Gasteiger partial charge on any atom is 0.338 e. The average molecular weight is 482 g/mol. The third kappa shape index (κ3) is 7.82. The Kier molecular flexibility index (Phi) is 9.02. The number of hydrogen-bond acceptors (Lipinski definition) is 6. The largest absolute Gasteiger partial charge is 0.452 e. The van der Waals surface area contributed by atoms with Crippen LogP contribution in [0.1, 0.15) is 63.2 Å². The molecule has 1 aliphatic rings. The molecule has 0 saturated heterocycles. The van der Waals surface area contributed by atoms with Crippen molar-refractivity contribution in [1.29, 1.82) is 0 Å². The normalized spacial score (nSPS) is 15.2. The number of nitrogens with zero attached hydrogens (tertiary/aromatic N) is 2. The summed E-state index contributed by atoms with van der Waals surface area (Å²) in [7, 11) is -0.620. The molecule has 2 rings (SSSR count). The summed E-state index contributed by atoms with van der Waals surface area (Å²) in [4.78, 5) is 37.7. The van der Waals surface area contributed by atoms with Crippen LogP contribution in [0.15, 0.2) is 29.2 Å². The number of carbonyl (C=O) groups is 3. The Hall–Kier alpha value is -2.46. The summed E-state index contributed by atoms with van der Waals surface area (Å²) in [5.41, 5.74) is -0.284. The van der Waals surface area contributed by atoms with E-state index in [1.165, 1.54) is 40.5 Å². The zero-order valence-electron chi connectivity index (χ0n) is 20.1. The molecule has 1 fully saturated rings. The maximum absolute atomic E-state index is 12.9. The van der Waals surface area contributed by atoms with Crippen LogP contribution in [0.5, 0.6) is 0 Å². The number of likely N-dealkylation sites (N-methyl/N-ethyl adjacent to an activating group) is 1. The number of benzene rings is 1. The first-order chi connectivity index (χ1) is 15.3. The van der Waals surface area contributed by atoms with E-state index in [2.05, 4.69) is 5.32 Å². The van der Waals surface area contributed by atoms with Gasteiger partial charge in [-0.15, -0.1) is 0 Å². The van der Waals surface area contributed by atoms with Crippen molar-refractivity contribution in [1.82, 2.24) is 14.5 Å². The molecule has 0 aromatic heterocycles. The fraction of sp³-hybridized carbons (Fsp3) is 0.609. The fourth-order valence-corrected chi connectivity index (χ4v) is 5.07. The van der Waals surface area contributed by atoms with E-state index in [0.717, 1.165) is 32.1 Å². The van der Waals surface area contributed by atoms with Crippen LogP contribution >= 0.6 is 0 Å². The van der Waals surface area contributed by atoms with Crippen LogP contribution in [0.4, 0.5) is 0 Å². The molecule has 1 N–H and O–H groups in total. The number of amides is 2. The van der Waals surface area contributed by atoms with Gasteiger partial charge in [0.15, 0.2) is 6.61 Å². The predicted molar refractivity (Wildman–Crippen MR) is 124 cm³/mol. The first-order valence-corrected chi connectivity index (χ1v) is 12.6. The molecule has 184 valence electrons. The van der Waals surface area contributed by atoms with Gasteiger partial charge in [-0.05, 0) is 57.9 Å². The van der Waals surface area contributed by atoms with Crippen LogP contribution in [0.25, 0.3) is 0 Å². The highest BCUT2D eigenvalue weighted by Crippen LogP contribution is 2.26. The van der Waals surface area contributed by atoms with Crippen LogP contribution < -0.4 is 5.32 Å². The zero-order valence-corrected chi connectivity index (χ0v) is 20.9. The topological polar surface area (TPSA) is 113 Å². The van der Waals surface area contributed by atoms with E-state index in [1.54, 1.807) is 7.05 Å². The number of hydrogen-bond donors (Lipinski definition) is 1. The molecule has 9 nitrogen and oxygen atoms in total. The van der Waals surface area contributed by atoms with Crippen molar-refractivity contribution < 1.29 is 27.5 Å². The first kappa shape index (κ1) is 26.8. The number of ether oxygens (including phenoxy) is 1. The van der Waals surface area contributed by atoms with E-state index in [0.29, 0.717) is 0 Å². The summed E-state index contributed by atoms with van der Waals surface area (Å²) < 4.78 is 32.3. The highest BCUT2D eigenvalue weighted by Gasteiger charge is 2.29. The van der Waals surface area contributed by atoms with Gasteiger partial charge in [-0.2, -0.15) is 4.31 Å². The molecule has 0 atom stereocenters. The van der Waals surface area contributed by atoms with Gasteiger partial charge >= 0.3 is 5.97 Å². The molecule has 0 heterocycles. The number of esters is 1. The van der Waals surface area contributed by atoms with Crippen LogP contribution in [-0.2, 0) is 24.3 Å². The molecule has 0 radical (unpaired) electrons. The molecule has 1 saturated carbocycles. The number of sulfonamides is 1. The molecule has 2 amide bonds. The van der Waals surface area contributed by atoms with Gasteiger partial charge in [0, 0.05) is 25.7 Å². The Morgan fingerprint density at radius 3 is 2.15 bits per heavy atom. The summed E-state index contributed by atoms with van der Waals surface area (Å²) in [6, 6.07) is 5.47. The van der Waals surface area contributed by atoms with Crippen molar-refractivity contribution in [2.75, 3.05) is 27.2 Å². The lowest BCUT2D eigenvalue weighted by molar-refractivity contribution is -0.137. The third-order valence-corrected chi connectivity index (χ3v) is 7.43. The minimum atomic E-state index is -3.66. The van der Waals surface area contributed by atoms with Crippen LogP contribution in [0.2, 0.25) is 0 Å². The summed E-state index contributed by atoms with van der Waals surface area (Å²) in [6.45, 7) is 4.81. The number of carbonyl (C=O) groups excluding carboxylic acids is 3. The number of rotatable bonds is 8. The Morgan fingerprint density at radius 1 is 1.03 bits per heavy atom. The fourth-order valence-electron chi connectivity index (χ4n) is 3.65. The van der Waals surface area contributed by atoms with Gasteiger partial charge in [-0.1, -0.05) is 19.3 Å². The molecule has 0 aliphatic heterocycles. The predicted octanol–water partition coefficient (Wildman–Crippen LogP) is 2.17. The molecule has 1 aliphatic carbocycles. The van der Waals surface area contributed by atoms with Crippen LogP contribution in [-0.4, -0.2) is 74.2 Å². The maximum atomic E-state index is 12.9. The van der Waals surface area contributed by atoms with E-state index in [4.69, 9.17) is 4.74 Å². The van der Waals surface area contributed by atoms with Gasteiger partial charge < -0.3 is 15.0 Å². The quantitative estimate of drug-likeness (QED) is 0.570. The SMILES string of the molecule is CN(CC(=O)NC(C)(C)C)C(=O)COC(=O)c1ccc(S(=O)(=O)N(C)C2CCCCC2)cc1. The lowest BCUT2D eigenvalue weighted by Crippen LogP contribution is -2.46. The second-order valence-corrected chi connectivity index (χ2v) is 11.5. The standard InChI is InChI=1S/C23H35N3O6S/c1-23(2,3)24-20(27)15-25(4)21(28)16-32-22(29)17-11-13-19(14-12-17)33(30,31)26(5)18-9-7-6-8-10-18/h11-14,18H,6-10,15-16H2,1-5H3,(H,24,27). The lowest BCUT2D eigenvalue weighted by Gasteiger charge is -2.30. The second kappa shape index (κ2) is 11.1. The van der Waals surface area contributed by atoms with Crippen molar-refractivity contribution in [3.8, 4) is 0 Å². The first-order valence-electron chi connectivity index (χ1n) is 11.1. The van der Waals surface area contributed by atoms with Gasteiger partial charge in [-0.25, -0.2) is 13.2 Å². The van der Waals surface area contributed by atoms with Crippen molar-refractivity contribution in [3.63, 3.8) is 0 Å². The summed E-state index contributed by atoms with van der Waals surface area (Å²) in [5.74, 6) is -1.60. The van der Waals surface area contributed by atoms with E-state index in [1.807, 2.05) is 20.8 Å². The molecule has 10 heteroatoms. The molecule has 0 unspecified atom stereocenters. The minimum Gasteiger partial charge on any atom is -0.452 e. The minimum absolute atomic E-state index is 0.0122. The molecule has 0 spiro atoms. The Bertz CT molecular complexity index is 947. The number of nitrogens with one attached hydrogen (secondary N) is 1. The Balaban J connectivity index is 1.91. The Labute approximate surface area is 196 Å². The third-order valence-electron chi connectivity index (χ3n) is 5.50. The van der Waals surface area contributed by atoms with Gasteiger partial charge in [-0.3, -0.25) is 9.59 Å². The van der Waals surface area contributed by atoms with Gasteiger partial charge in [0.1, 0.15) is 0 Å². The van der Waals surface area contributed by atoms with Crippen LogP contribution in [0.3, 0.4) is 0 Å². The average Bonchev–Trinajstić information content (AvgIpc) is 2.75. The van der Waals surface area contributed by atoms with Crippen molar-refractivity contribution >= 4 is 27.8 Å². The van der Waals surface area contributed by atoms with E-state index >= 15 is 0 Å². The zero-order chi connectivity index (χ0) is 24.8. The molecule has 33 heavy (non-hydrogen) atoms. The van der Waals surface area contributed by atoms with Crippen molar-refractivity contribution in [2.24, 2.45) is 0 Å². The molecule has 1 aromatic rings.